The van der Waals surface area contributed by atoms with E-state index in [4.69, 9.17) is 0 Å². The van der Waals surface area contributed by atoms with Gasteiger partial charge in [0, 0.05) is 4.47 Å². The summed E-state index contributed by atoms with van der Waals surface area (Å²) in [5, 5.41) is 11.7. The molecule has 1 aromatic rings. The van der Waals surface area contributed by atoms with Crippen LogP contribution in [0.15, 0.2) is 22.7 Å². The Kier molecular flexibility index (Phi) is 3.62. The lowest BCUT2D eigenvalue weighted by atomic mass is 9.95. The first-order valence-electron chi connectivity index (χ1n) is 5.85. The second kappa shape index (κ2) is 4.92. The van der Waals surface area contributed by atoms with Crippen molar-refractivity contribution in [3.63, 3.8) is 0 Å². The van der Waals surface area contributed by atoms with Crippen LogP contribution in [0.2, 0.25) is 0 Å². The Morgan fingerprint density at radius 1 is 1.47 bits per heavy atom. The van der Waals surface area contributed by atoms with Crippen LogP contribution in [0.1, 0.15) is 30.1 Å². The molecule has 2 rings (SSSR count). The Morgan fingerprint density at radius 3 is 2.58 bits per heavy atom. The van der Waals surface area contributed by atoms with Crippen LogP contribution in [-0.4, -0.2) is 22.5 Å². The maximum atomic E-state index is 13.7. The molecule has 2 N–H and O–H groups in total. The average molecular weight is 330 g/mol. The highest BCUT2D eigenvalue weighted by Gasteiger charge is 2.48. The minimum atomic E-state index is -1.34. The molecule has 1 saturated carbocycles. The largest absolute Gasteiger partial charge is 0.480 e. The lowest BCUT2D eigenvalue weighted by Gasteiger charge is -2.26. The maximum Gasteiger partial charge on any atom is 0.329 e. The van der Waals surface area contributed by atoms with Gasteiger partial charge < -0.3 is 10.4 Å². The molecular weight excluding hydrogens is 317 g/mol. The number of carbonyl (C=O) groups excluding carboxylic acids is 1. The molecule has 4 nitrogen and oxygen atoms in total. The second-order valence-corrected chi connectivity index (χ2v) is 5.78. The molecule has 1 fully saturated rings. The molecule has 0 heterocycles. The lowest BCUT2D eigenvalue weighted by molar-refractivity contribution is -0.144. The number of benzene rings is 1. The van der Waals surface area contributed by atoms with Gasteiger partial charge in [-0.25, -0.2) is 9.18 Å². The Labute approximate surface area is 118 Å². The number of nitrogens with one attached hydrogen (secondary N) is 1. The molecule has 0 spiro atoms. The summed E-state index contributed by atoms with van der Waals surface area (Å²) < 4.78 is 14.2. The minimum Gasteiger partial charge on any atom is -0.480 e. The number of halogens is 2. The Hall–Kier alpha value is -1.43. The molecule has 102 valence electrons. The van der Waals surface area contributed by atoms with Crippen LogP contribution < -0.4 is 5.32 Å². The fourth-order valence-corrected chi connectivity index (χ4v) is 2.30. The molecule has 0 radical (unpaired) electrons. The standard InChI is InChI=1S/C13H13BrFNO3/c1-13(12(18)19,7-2-3-7)16-11(17)9-5-4-8(14)6-10(9)15/h4-7H,2-3H2,1H3,(H,16,17)(H,18,19). The van der Waals surface area contributed by atoms with E-state index in [1.807, 2.05) is 0 Å². The minimum absolute atomic E-state index is 0.0903. The zero-order chi connectivity index (χ0) is 14.2. The number of hydrogen-bond donors (Lipinski definition) is 2. The van der Waals surface area contributed by atoms with Crippen molar-refractivity contribution in [1.29, 1.82) is 0 Å². The number of carboxylic acids is 1. The van der Waals surface area contributed by atoms with Crippen molar-refractivity contribution >= 4 is 27.8 Å². The smallest absolute Gasteiger partial charge is 0.329 e. The van der Waals surface area contributed by atoms with Gasteiger partial charge in [0.15, 0.2) is 0 Å². The fraction of sp³-hybridized carbons (Fsp3) is 0.385. The Balaban J connectivity index is 2.22. The molecule has 6 heteroatoms. The topological polar surface area (TPSA) is 66.4 Å². The number of rotatable bonds is 4. The fourth-order valence-electron chi connectivity index (χ4n) is 1.97. The first-order chi connectivity index (χ1) is 8.84. The molecule has 0 aliphatic heterocycles. The number of aliphatic carboxylic acids is 1. The average Bonchev–Trinajstić information content (AvgIpc) is 3.11. The van der Waals surface area contributed by atoms with Gasteiger partial charge in [-0.2, -0.15) is 0 Å². The molecule has 1 atom stereocenters. The van der Waals surface area contributed by atoms with Gasteiger partial charge in [0.25, 0.3) is 5.91 Å². The summed E-state index contributed by atoms with van der Waals surface area (Å²) >= 11 is 3.10. The van der Waals surface area contributed by atoms with Crippen LogP contribution in [0.3, 0.4) is 0 Å². The van der Waals surface area contributed by atoms with Gasteiger partial charge in [-0.05, 0) is 43.9 Å². The van der Waals surface area contributed by atoms with E-state index >= 15 is 0 Å². The maximum absolute atomic E-state index is 13.7. The van der Waals surface area contributed by atoms with E-state index in [1.165, 1.54) is 25.1 Å². The predicted octanol–water partition coefficient (Wildman–Crippen LogP) is 2.57. The summed E-state index contributed by atoms with van der Waals surface area (Å²) in [5.41, 5.74) is -1.49. The van der Waals surface area contributed by atoms with Gasteiger partial charge in [0.05, 0.1) is 5.56 Å². The van der Waals surface area contributed by atoms with Crippen LogP contribution in [-0.2, 0) is 4.79 Å². The van der Waals surface area contributed by atoms with Crippen LogP contribution in [0.4, 0.5) is 4.39 Å². The van der Waals surface area contributed by atoms with Crippen LogP contribution in [0.5, 0.6) is 0 Å². The van der Waals surface area contributed by atoms with E-state index in [1.54, 1.807) is 0 Å². The summed E-state index contributed by atoms with van der Waals surface area (Å²) in [7, 11) is 0. The normalized spacial score (nSPS) is 17.6. The summed E-state index contributed by atoms with van der Waals surface area (Å²) in [6, 6.07) is 4.03. The molecule has 0 saturated heterocycles. The van der Waals surface area contributed by atoms with Gasteiger partial charge in [-0.1, -0.05) is 15.9 Å². The van der Waals surface area contributed by atoms with Gasteiger partial charge in [-0.15, -0.1) is 0 Å². The van der Waals surface area contributed by atoms with E-state index in [0.29, 0.717) is 4.47 Å². The van der Waals surface area contributed by atoms with Crippen LogP contribution >= 0.6 is 15.9 Å². The van der Waals surface area contributed by atoms with E-state index in [9.17, 15) is 19.1 Å². The number of amides is 1. The molecule has 1 aliphatic carbocycles. The van der Waals surface area contributed by atoms with Crippen molar-refractivity contribution in [3.8, 4) is 0 Å². The van der Waals surface area contributed by atoms with Gasteiger partial charge in [0.1, 0.15) is 11.4 Å². The number of carbonyl (C=O) groups is 2. The molecule has 0 aromatic heterocycles. The summed E-state index contributed by atoms with van der Waals surface area (Å²) in [4.78, 5) is 23.3. The van der Waals surface area contributed by atoms with Crippen LogP contribution in [0, 0.1) is 11.7 Å². The first kappa shape index (κ1) is 14.0. The summed E-state index contributed by atoms with van der Waals surface area (Å²) in [5.74, 6) is -2.58. The van der Waals surface area contributed by atoms with E-state index in [2.05, 4.69) is 21.2 Å². The second-order valence-electron chi connectivity index (χ2n) is 4.86. The van der Waals surface area contributed by atoms with Gasteiger partial charge in [0.2, 0.25) is 0 Å². The molecule has 1 aromatic carbocycles. The van der Waals surface area contributed by atoms with Crippen molar-refractivity contribution in [2.75, 3.05) is 0 Å². The highest BCUT2D eigenvalue weighted by molar-refractivity contribution is 9.10. The van der Waals surface area contributed by atoms with Crippen molar-refractivity contribution in [1.82, 2.24) is 5.32 Å². The SMILES string of the molecule is CC(NC(=O)c1ccc(Br)cc1F)(C(=O)O)C1CC1. The third-order valence-corrected chi connectivity index (χ3v) is 3.88. The number of carboxylic acid groups (broad SMARTS) is 1. The van der Waals surface area contributed by atoms with Gasteiger partial charge in [-0.3, -0.25) is 4.79 Å². The highest BCUT2D eigenvalue weighted by atomic mass is 79.9. The van der Waals surface area contributed by atoms with E-state index in [-0.39, 0.29) is 11.5 Å². The van der Waals surface area contributed by atoms with Crippen molar-refractivity contribution in [2.24, 2.45) is 5.92 Å². The lowest BCUT2D eigenvalue weighted by Crippen LogP contribution is -2.54. The van der Waals surface area contributed by atoms with Crippen molar-refractivity contribution < 1.29 is 19.1 Å². The van der Waals surface area contributed by atoms with E-state index < -0.39 is 23.2 Å². The monoisotopic (exact) mass is 329 g/mol. The van der Waals surface area contributed by atoms with Gasteiger partial charge >= 0.3 is 5.97 Å². The molecular formula is C13H13BrFNO3. The molecule has 1 unspecified atom stereocenters. The zero-order valence-electron chi connectivity index (χ0n) is 10.2. The highest BCUT2D eigenvalue weighted by Crippen LogP contribution is 2.39. The molecule has 0 bridgehead atoms. The van der Waals surface area contributed by atoms with Crippen molar-refractivity contribution in [2.45, 2.75) is 25.3 Å². The van der Waals surface area contributed by atoms with E-state index in [0.717, 1.165) is 12.8 Å². The third-order valence-electron chi connectivity index (χ3n) is 3.39. The molecule has 1 aliphatic rings. The Morgan fingerprint density at radius 2 is 2.11 bits per heavy atom. The number of hydrogen-bond acceptors (Lipinski definition) is 2. The summed E-state index contributed by atoms with van der Waals surface area (Å²) in [6.07, 6.45) is 1.51. The predicted molar refractivity (Wildman–Crippen MR) is 70.3 cm³/mol. The van der Waals surface area contributed by atoms with Crippen molar-refractivity contribution in [3.05, 3.63) is 34.1 Å². The summed E-state index contributed by atoms with van der Waals surface area (Å²) in [6.45, 7) is 1.46. The van der Waals surface area contributed by atoms with Crippen LogP contribution in [0.25, 0.3) is 0 Å². The third kappa shape index (κ3) is 2.78. The quantitative estimate of drug-likeness (QED) is 0.892. The Bertz CT molecular complexity index is 545. The molecule has 19 heavy (non-hydrogen) atoms. The zero-order valence-corrected chi connectivity index (χ0v) is 11.8. The first-order valence-corrected chi connectivity index (χ1v) is 6.65. The molecule has 1 amide bonds.